The number of hydrogen-bond acceptors (Lipinski definition) is 2. The van der Waals surface area contributed by atoms with Gasteiger partial charge in [0.25, 0.3) is 0 Å². The average Bonchev–Trinajstić information content (AvgIpc) is 2.86. The summed E-state index contributed by atoms with van der Waals surface area (Å²) in [6, 6.07) is 0.743. The van der Waals surface area contributed by atoms with E-state index in [0.717, 1.165) is 12.6 Å². The second-order valence-corrected chi connectivity index (χ2v) is 4.50. The van der Waals surface area contributed by atoms with Crippen LogP contribution in [0.4, 0.5) is 0 Å². The van der Waals surface area contributed by atoms with Crippen molar-refractivity contribution in [3.05, 3.63) is 11.6 Å². The van der Waals surface area contributed by atoms with Gasteiger partial charge in [-0.2, -0.15) is 0 Å². The fraction of sp³-hybridized carbons (Fsp3) is 0.833. The summed E-state index contributed by atoms with van der Waals surface area (Å²) in [5, 5.41) is 7.06. The largest absolute Gasteiger partial charge is 0.315 e. The average molecular weight is 194 g/mol. The normalized spacial score (nSPS) is 26.9. The SMILES string of the molecule is C1=C(CCNCC2CCCN2)CCC1. The first kappa shape index (κ1) is 10.2. The fourth-order valence-electron chi connectivity index (χ4n) is 2.42. The Bertz CT molecular complexity index is 192. The summed E-state index contributed by atoms with van der Waals surface area (Å²) in [5.41, 5.74) is 1.68. The van der Waals surface area contributed by atoms with E-state index in [-0.39, 0.29) is 0 Å². The lowest BCUT2D eigenvalue weighted by Crippen LogP contribution is -2.34. The molecule has 0 spiro atoms. The van der Waals surface area contributed by atoms with Crippen LogP contribution >= 0.6 is 0 Å². The summed E-state index contributed by atoms with van der Waals surface area (Å²) >= 11 is 0. The van der Waals surface area contributed by atoms with E-state index in [2.05, 4.69) is 16.7 Å². The van der Waals surface area contributed by atoms with Crippen LogP contribution in [0.15, 0.2) is 11.6 Å². The van der Waals surface area contributed by atoms with Crippen molar-refractivity contribution in [2.24, 2.45) is 0 Å². The van der Waals surface area contributed by atoms with Crippen LogP contribution in [0.2, 0.25) is 0 Å². The van der Waals surface area contributed by atoms with Gasteiger partial charge in [-0.05, 0) is 51.6 Å². The smallest absolute Gasteiger partial charge is 0.0192 e. The Kier molecular flexibility index (Phi) is 4.02. The van der Waals surface area contributed by atoms with Gasteiger partial charge in [0.15, 0.2) is 0 Å². The predicted octanol–water partition coefficient (Wildman–Crippen LogP) is 1.83. The van der Waals surface area contributed by atoms with Gasteiger partial charge in [-0.25, -0.2) is 0 Å². The second kappa shape index (κ2) is 5.52. The molecule has 1 aliphatic heterocycles. The zero-order valence-corrected chi connectivity index (χ0v) is 9.02. The van der Waals surface area contributed by atoms with Crippen LogP contribution in [0.25, 0.3) is 0 Å². The molecule has 1 atom stereocenters. The van der Waals surface area contributed by atoms with Crippen molar-refractivity contribution < 1.29 is 0 Å². The van der Waals surface area contributed by atoms with E-state index in [1.54, 1.807) is 5.57 Å². The molecule has 1 fully saturated rings. The van der Waals surface area contributed by atoms with Crippen molar-refractivity contribution in [3.63, 3.8) is 0 Å². The second-order valence-electron chi connectivity index (χ2n) is 4.50. The van der Waals surface area contributed by atoms with Gasteiger partial charge >= 0.3 is 0 Å². The molecule has 0 aromatic heterocycles. The van der Waals surface area contributed by atoms with Crippen LogP contribution in [0.3, 0.4) is 0 Å². The van der Waals surface area contributed by atoms with Crippen LogP contribution in [-0.4, -0.2) is 25.7 Å². The zero-order valence-electron chi connectivity index (χ0n) is 9.02. The van der Waals surface area contributed by atoms with E-state index in [9.17, 15) is 0 Å². The van der Waals surface area contributed by atoms with Crippen LogP contribution in [0, 0.1) is 0 Å². The standard InChI is InChI=1S/C12H22N2/c1-2-5-11(4-1)7-9-13-10-12-6-3-8-14-12/h4,12-14H,1-3,5-10H2. The van der Waals surface area contributed by atoms with Crippen molar-refractivity contribution in [1.82, 2.24) is 10.6 Å². The molecule has 1 unspecified atom stereocenters. The maximum Gasteiger partial charge on any atom is 0.0192 e. The van der Waals surface area contributed by atoms with Crippen LogP contribution in [-0.2, 0) is 0 Å². The van der Waals surface area contributed by atoms with E-state index < -0.39 is 0 Å². The van der Waals surface area contributed by atoms with Gasteiger partial charge in [-0.1, -0.05) is 11.6 Å². The minimum absolute atomic E-state index is 0.743. The number of nitrogens with one attached hydrogen (secondary N) is 2. The molecule has 80 valence electrons. The molecule has 0 saturated carbocycles. The van der Waals surface area contributed by atoms with E-state index in [4.69, 9.17) is 0 Å². The highest BCUT2D eigenvalue weighted by Crippen LogP contribution is 2.19. The highest BCUT2D eigenvalue weighted by atomic mass is 15.0. The molecular formula is C12H22N2. The first-order valence-electron chi connectivity index (χ1n) is 6.07. The van der Waals surface area contributed by atoms with Gasteiger partial charge in [-0.15, -0.1) is 0 Å². The Morgan fingerprint density at radius 3 is 3.14 bits per heavy atom. The zero-order chi connectivity index (χ0) is 9.64. The fourth-order valence-corrected chi connectivity index (χ4v) is 2.42. The quantitative estimate of drug-likeness (QED) is 0.515. The summed E-state index contributed by atoms with van der Waals surface area (Å²) in [6.07, 6.45) is 10.5. The Morgan fingerprint density at radius 1 is 1.43 bits per heavy atom. The van der Waals surface area contributed by atoms with Gasteiger partial charge in [0, 0.05) is 12.6 Å². The highest BCUT2D eigenvalue weighted by molar-refractivity contribution is 5.07. The van der Waals surface area contributed by atoms with Crippen LogP contribution in [0.5, 0.6) is 0 Å². The Balaban J connectivity index is 1.50. The summed E-state index contributed by atoms with van der Waals surface area (Å²) in [4.78, 5) is 0. The molecule has 0 aromatic rings. The molecule has 2 heteroatoms. The van der Waals surface area contributed by atoms with Crippen molar-refractivity contribution in [3.8, 4) is 0 Å². The molecule has 0 radical (unpaired) electrons. The number of allylic oxidation sites excluding steroid dienone is 1. The Hall–Kier alpha value is -0.340. The van der Waals surface area contributed by atoms with E-state index in [1.807, 2.05) is 0 Å². The van der Waals surface area contributed by atoms with Gasteiger partial charge < -0.3 is 10.6 Å². The van der Waals surface area contributed by atoms with Crippen molar-refractivity contribution in [2.45, 2.75) is 44.6 Å². The van der Waals surface area contributed by atoms with Crippen LogP contribution in [0.1, 0.15) is 38.5 Å². The summed E-state index contributed by atoms with van der Waals surface area (Å²) in [6.45, 7) is 3.55. The molecule has 14 heavy (non-hydrogen) atoms. The Morgan fingerprint density at radius 2 is 2.43 bits per heavy atom. The molecule has 0 amide bonds. The van der Waals surface area contributed by atoms with Gasteiger partial charge in [0.1, 0.15) is 0 Å². The highest BCUT2D eigenvalue weighted by Gasteiger charge is 2.12. The van der Waals surface area contributed by atoms with E-state index in [0.29, 0.717) is 0 Å². The first-order valence-corrected chi connectivity index (χ1v) is 6.07. The molecule has 1 aliphatic carbocycles. The van der Waals surface area contributed by atoms with Crippen LogP contribution < -0.4 is 10.6 Å². The lowest BCUT2D eigenvalue weighted by Gasteiger charge is -2.11. The lowest BCUT2D eigenvalue weighted by molar-refractivity contribution is 0.536. The molecule has 2 aliphatic rings. The third-order valence-corrected chi connectivity index (χ3v) is 3.31. The first-order chi connectivity index (χ1) is 6.95. The minimum Gasteiger partial charge on any atom is -0.315 e. The minimum atomic E-state index is 0.743. The van der Waals surface area contributed by atoms with Crippen molar-refractivity contribution >= 4 is 0 Å². The summed E-state index contributed by atoms with van der Waals surface area (Å²) < 4.78 is 0. The topological polar surface area (TPSA) is 24.1 Å². The van der Waals surface area contributed by atoms with Crippen molar-refractivity contribution in [1.29, 1.82) is 0 Å². The van der Waals surface area contributed by atoms with Gasteiger partial charge in [-0.3, -0.25) is 0 Å². The summed E-state index contributed by atoms with van der Waals surface area (Å²) in [5.74, 6) is 0. The molecule has 2 nitrogen and oxygen atoms in total. The maximum absolute atomic E-state index is 3.55. The third-order valence-electron chi connectivity index (χ3n) is 3.31. The lowest BCUT2D eigenvalue weighted by atomic mass is 10.1. The number of rotatable bonds is 5. The molecule has 0 bridgehead atoms. The van der Waals surface area contributed by atoms with Gasteiger partial charge in [0.05, 0.1) is 0 Å². The third kappa shape index (κ3) is 3.10. The van der Waals surface area contributed by atoms with Crippen molar-refractivity contribution in [2.75, 3.05) is 19.6 Å². The molecule has 1 saturated heterocycles. The maximum atomic E-state index is 3.55. The molecule has 2 rings (SSSR count). The predicted molar refractivity (Wildman–Crippen MR) is 60.4 cm³/mol. The van der Waals surface area contributed by atoms with E-state index in [1.165, 1.54) is 51.6 Å². The van der Waals surface area contributed by atoms with E-state index >= 15 is 0 Å². The molecule has 2 N–H and O–H groups in total. The molecule has 0 aromatic carbocycles. The monoisotopic (exact) mass is 194 g/mol. The number of hydrogen-bond donors (Lipinski definition) is 2. The molecule has 1 heterocycles. The van der Waals surface area contributed by atoms with Gasteiger partial charge in [0.2, 0.25) is 0 Å². The summed E-state index contributed by atoms with van der Waals surface area (Å²) in [7, 11) is 0. The molecular weight excluding hydrogens is 172 g/mol. The Labute approximate surface area is 87.2 Å².